The number of pyridine rings is 1. The molecule has 3 aromatic rings. The van der Waals surface area contributed by atoms with Crippen molar-refractivity contribution in [1.82, 2.24) is 14.5 Å². The number of nitrogens with one attached hydrogen (secondary N) is 1. The van der Waals surface area contributed by atoms with Crippen LogP contribution in [-0.4, -0.2) is 14.5 Å². The quantitative estimate of drug-likeness (QED) is 0.642. The van der Waals surface area contributed by atoms with Crippen LogP contribution in [0.15, 0.2) is 52.3 Å². The Morgan fingerprint density at radius 2 is 2.00 bits per heavy atom. The zero-order valence-corrected chi connectivity index (χ0v) is 9.69. The van der Waals surface area contributed by atoms with E-state index >= 15 is 0 Å². The molecule has 0 spiro atoms. The Bertz CT molecular complexity index is 727. The van der Waals surface area contributed by atoms with Crippen molar-refractivity contribution in [2.24, 2.45) is 0 Å². The Balaban J connectivity index is 2.33. The Kier molecular flexibility index (Phi) is 2.26. The molecule has 0 amide bonds. The lowest BCUT2D eigenvalue weighted by molar-refractivity contribution is 0.958. The third-order valence-electron chi connectivity index (χ3n) is 2.55. The van der Waals surface area contributed by atoms with Gasteiger partial charge in [-0.05, 0) is 24.3 Å². The van der Waals surface area contributed by atoms with Crippen LogP contribution in [0.25, 0.3) is 16.9 Å². The van der Waals surface area contributed by atoms with E-state index in [1.54, 1.807) is 22.9 Å². The van der Waals surface area contributed by atoms with Gasteiger partial charge in [0.2, 0.25) is 0 Å². The highest BCUT2D eigenvalue weighted by molar-refractivity contribution is 7.80. The molecule has 3 rings (SSSR count). The topological polar surface area (TPSA) is 50.7 Å². The average Bonchev–Trinajstić information content (AvgIpc) is 2.66. The van der Waals surface area contributed by atoms with Crippen LogP contribution in [-0.2, 0) is 0 Å². The number of para-hydroxylation sites is 2. The SMILES string of the molecule is O=c1[nH]c2ccccc2n1-c1ccc(S)cn1. The highest BCUT2D eigenvalue weighted by Crippen LogP contribution is 2.14. The van der Waals surface area contributed by atoms with Gasteiger partial charge in [-0.15, -0.1) is 12.6 Å². The van der Waals surface area contributed by atoms with Crippen molar-refractivity contribution >= 4 is 23.7 Å². The van der Waals surface area contributed by atoms with E-state index in [4.69, 9.17) is 0 Å². The maximum absolute atomic E-state index is 11.9. The fourth-order valence-electron chi connectivity index (χ4n) is 1.79. The standard InChI is InChI=1S/C12H9N3OS/c16-12-14-9-3-1-2-4-10(9)15(12)11-6-5-8(17)7-13-11/h1-7,17H,(H,14,16). The fourth-order valence-corrected chi connectivity index (χ4v) is 1.93. The summed E-state index contributed by atoms with van der Waals surface area (Å²) < 4.78 is 1.54. The monoisotopic (exact) mass is 243 g/mol. The molecule has 0 fully saturated rings. The number of nitrogens with zero attached hydrogens (tertiary/aromatic N) is 2. The maximum atomic E-state index is 11.9. The van der Waals surface area contributed by atoms with Gasteiger partial charge in [0.15, 0.2) is 0 Å². The second-order valence-corrected chi connectivity index (χ2v) is 4.17. The largest absolute Gasteiger partial charge is 0.332 e. The van der Waals surface area contributed by atoms with Crippen LogP contribution in [0.5, 0.6) is 0 Å². The molecule has 0 bridgehead atoms. The summed E-state index contributed by atoms with van der Waals surface area (Å²) in [4.78, 5) is 19.6. The van der Waals surface area contributed by atoms with Gasteiger partial charge in [-0.25, -0.2) is 14.3 Å². The van der Waals surface area contributed by atoms with Gasteiger partial charge in [0.25, 0.3) is 0 Å². The second-order valence-electron chi connectivity index (χ2n) is 3.66. The predicted octanol–water partition coefficient (Wildman–Crippen LogP) is 2.00. The summed E-state index contributed by atoms with van der Waals surface area (Å²) >= 11 is 4.17. The summed E-state index contributed by atoms with van der Waals surface area (Å²) in [5.41, 5.74) is 1.43. The molecule has 1 N–H and O–H groups in total. The van der Waals surface area contributed by atoms with Gasteiger partial charge in [0, 0.05) is 11.1 Å². The predicted molar refractivity (Wildman–Crippen MR) is 68.9 cm³/mol. The number of thiol groups is 1. The summed E-state index contributed by atoms with van der Waals surface area (Å²) in [6.07, 6.45) is 1.62. The maximum Gasteiger partial charge on any atom is 0.332 e. The number of benzene rings is 1. The molecule has 0 aliphatic rings. The molecule has 0 saturated heterocycles. The molecule has 2 heterocycles. The molecule has 4 nitrogen and oxygen atoms in total. The summed E-state index contributed by atoms with van der Waals surface area (Å²) in [5.74, 6) is 0.588. The minimum absolute atomic E-state index is 0.189. The van der Waals surface area contributed by atoms with Gasteiger partial charge < -0.3 is 4.98 Å². The highest BCUT2D eigenvalue weighted by Gasteiger charge is 2.08. The van der Waals surface area contributed by atoms with Crippen LogP contribution in [0.1, 0.15) is 0 Å². The molecular weight excluding hydrogens is 234 g/mol. The molecule has 0 radical (unpaired) electrons. The molecule has 0 atom stereocenters. The smallest absolute Gasteiger partial charge is 0.305 e. The van der Waals surface area contributed by atoms with E-state index in [0.29, 0.717) is 5.82 Å². The van der Waals surface area contributed by atoms with Crippen LogP contribution in [0, 0.1) is 0 Å². The number of aromatic nitrogens is 3. The van der Waals surface area contributed by atoms with Crippen molar-refractivity contribution in [2.75, 3.05) is 0 Å². The van der Waals surface area contributed by atoms with Gasteiger partial charge in [-0.2, -0.15) is 0 Å². The van der Waals surface area contributed by atoms with Gasteiger partial charge >= 0.3 is 5.69 Å². The van der Waals surface area contributed by atoms with Crippen LogP contribution >= 0.6 is 12.6 Å². The van der Waals surface area contributed by atoms with E-state index in [-0.39, 0.29) is 5.69 Å². The lowest BCUT2D eigenvalue weighted by Gasteiger charge is -2.01. The van der Waals surface area contributed by atoms with Gasteiger partial charge in [-0.1, -0.05) is 12.1 Å². The second kappa shape index (κ2) is 3.78. The zero-order valence-electron chi connectivity index (χ0n) is 8.79. The first kappa shape index (κ1) is 10.2. The van der Waals surface area contributed by atoms with E-state index in [0.717, 1.165) is 15.9 Å². The molecule has 17 heavy (non-hydrogen) atoms. The van der Waals surface area contributed by atoms with Crippen LogP contribution in [0.2, 0.25) is 0 Å². The molecule has 84 valence electrons. The normalized spacial score (nSPS) is 10.9. The number of imidazole rings is 1. The van der Waals surface area contributed by atoms with E-state index in [1.165, 1.54) is 0 Å². The van der Waals surface area contributed by atoms with Crippen molar-refractivity contribution in [3.8, 4) is 5.82 Å². The number of aromatic amines is 1. The number of fused-ring (bicyclic) bond motifs is 1. The number of rotatable bonds is 1. The van der Waals surface area contributed by atoms with Gasteiger partial charge in [0.05, 0.1) is 11.0 Å². The van der Waals surface area contributed by atoms with E-state index in [2.05, 4.69) is 22.6 Å². The highest BCUT2D eigenvalue weighted by atomic mass is 32.1. The number of hydrogen-bond donors (Lipinski definition) is 2. The van der Waals surface area contributed by atoms with Crippen molar-refractivity contribution in [3.05, 3.63) is 53.1 Å². The van der Waals surface area contributed by atoms with Crippen molar-refractivity contribution in [3.63, 3.8) is 0 Å². The van der Waals surface area contributed by atoms with Crippen LogP contribution in [0.4, 0.5) is 0 Å². The van der Waals surface area contributed by atoms with E-state index in [1.807, 2.05) is 24.3 Å². The minimum Gasteiger partial charge on any atom is -0.305 e. The minimum atomic E-state index is -0.189. The lowest BCUT2D eigenvalue weighted by Crippen LogP contribution is -2.15. The lowest BCUT2D eigenvalue weighted by atomic mass is 10.3. The van der Waals surface area contributed by atoms with Gasteiger partial charge in [0.1, 0.15) is 5.82 Å². The first-order valence-electron chi connectivity index (χ1n) is 5.11. The Hall–Kier alpha value is -2.01. The molecule has 0 aliphatic heterocycles. The third-order valence-corrected chi connectivity index (χ3v) is 2.82. The summed E-state index contributed by atoms with van der Waals surface area (Å²) in [5, 5.41) is 0. The summed E-state index contributed by atoms with van der Waals surface area (Å²) in [6, 6.07) is 11.1. The molecule has 0 saturated carbocycles. The van der Waals surface area contributed by atoms with E-state index < -0.39 is 0 Å². The average molecular weight is 243 g/mol. The van der Waals surface area contributed by atoms with Crippen molar-refractivity contribution in [2.45, 2.75) is 4.90 Å². The fraction of sp³-hybridized carbons (Fsp3) is 0. The third kappa shape index (κ3) is 1.64. The van der Waals surface area contributed by atoms with Crippen LogP contribution < -0.4 is 5.69 Å². The summed E-state index contributed by atoms with van der Waals surface area (Å²) in [7, 11) is 0. The molecule has 2 aromatic heterocycles. The molecule has 0 aliphatic carbocycles. The number of H-pyrrole nitrogens is 1. The molecule has 0 unspecified atom stereocenters. The molecule has 1 aromatic carbocycles. The Morgan fingerprint density at radius 1 is 1.18 bits per heavy atom. The number of hydrogen-bond acceptors (Lipinski definition) is 3. The first-order valence-corrected chi connectivity index (χ1v) is 5.55. The first-order chi connectivity index (χ1) is 8.25. The van der Waals surface area contributed by atoms with Crippen molar-refractivity contribution < 1.29 is 0 Å². The summed E-state index contributed by atoms with van der Waals surface area (Å²) in [6.45, 7) is 0. The Labute approximate surface area is 102 Å². The zero-order chi connectivity index (χ0) is 11.8. The van der Waals surface area contributed by atoms with Gasteiger partial charge in [-0.3, -0.25) is 0 Å². The van der Waals surface area contributed by atoms with Crippen molar-refractivity contribution in [1.29, 1.82) is 0 Å². The van der Waals surface area contributed by atoms with Crippen LogP contribution in [0.3, 0.4) is 0 Å². The molecular formula is C12H9N3OS. The molecule has 5 heteroatoms. The Morgan fingerprint density at radius 3 is 2.76 bits per heavy atom. The van der Waals surface area contributed by atoms with E-state index in [9.17, 15) is 4.79 Å².